The highest BCUT2D eigenvalue weighted by Gasteiger charge is 2.25. The average Bonchev–Trinajstić information content (AvgIpc) is 1.55. The second kappa shape index (κ2) is 24.6. The molecule has 3 heterocycles. The van der Waals surface area contributed by atoms with Crippen LogP contribution in [0.4, 0.5) is 0 Å². The van der Waals surface area contributed by atoms with Crippen molar-refractivity contribution in [1.29, 1.82) is 15.8 Å². The Morgan fingerprint density at radius 1 is 0.204 bits per heavy atom. The third kappa shape index (κ3) is 10.3. The Hall–Kier alpha value is -13.8. The zero-order valence-corrected chi connectivity index (χ0v) is 52.8. The molecule has 17 rings (SSSR count). The van der Waals surface area contributed by atoms with Gasteiger partial charge in [-0.3, -0.25) is 0 Å². The molecular formula is C90H54N8. The Morgan fingerprint density at radius 3 is 0.878 bits per heavy atom. The SMILES string of the molecule is N#Cc1ccccc1-c1cccc(-c2nc(-c3ccc(-n4c5ccc(-c6ccccc6)cc5c5cc(-c6ccccc6)ccc54)cc3-c3ccccc3C#N)nc(-c3ccc(-n4c5ccc(-c6ccccc6)cc5c5cc(-c6ccccc6)ccc54)cc3-c3ccccc3C#N)n2)c1. The summed E-state index contributed by atoms with van der Waals surface area (Å²) < 4.78 is 4.63. The van der Waals surface area contributed by atoms with Crippen molar-refractivity contribution in [2.45, 2.75) is 0 Å². The Bertz CT molecular complexity index is 5630. The van der Waals surface area contributed by atoms with E-state index >= 15 is 0 Å². The molecule has 0 fully saturated rings. The quantitative estimate of drug-likeness (QED) is 0.120. The molecule has 0 unspecified atom stereocenters. The molecular weight excluding hydrogens is 1190 g/mol. The van der Waals surface area contributed by atoms with Crippen LogP contribution in [0.3, 0.4) is 0 Å². The van der Waals surface area contributed by atoms with Crippen molar-refractivity contribution >= 4 is 43.6 Å². The van der Waals surface area contributed by atoms with E-state index in [1.165, 1.54) is 0 Å². The predicted octanol–water partition coefficient (Wildman–Crippen LogP) is 22.4. The van der Waals surface area contributed by atoms with Gasteiger partial charge in [-0.2, -0.15) is 15.8 Å². The highest BCUT2D eigenvalue weighted by atomic mass is 15.0. The maximum atomic E-state index is 11.0. The van der Waals surface area contributed by atoms with Crippen LogP contribution in [0.5, 0.6) is 0 Å². The van der Waals surface area contributed by atoms with E-state index in [1.54, 1.807) is 0 Å². The van der Waals surface area contributed by atoms with Crippen LogP contribution in [0.25, 0.3) is 167 Å². The van der Waals surface area contributed by atoms with Gasteiger partial charge in [-0.1, -0.05) is 218 Å². The smallest absolute Gasteiger partial charge is 0.164 e. The fourth-order valence-corrected chi connectivity index (χ4v) is 14.1. The molecule has 0 spiro atoms. The minimum atomic E-state index is 0.360. The lowest BCUT2D eigenvalue weighted by atomic mass is 9.93. The first-order chi connectivity index (χ1) is 48.4. The van der Waals surface area contributed by atoms with E-state index in [0.717, 1.165) is 122 Å². The van der Waals surface area contributed by atoms with Gasteiger partial charge in [0, 0.05) is 60.7 Å². The highest BCUT2D eigenvalue weighted by molar-refractivity contribution is 6.13. The molecule has 0 aliphatic rings. The van der Waals surface area contributed by atoms with Crippen LogP contribution in [-0.4, -0.2) is 24.1 Å². The van der Waals surface area contributed by atoms with Gasteiger partial charge in [0.15, 0.2) is 17.5 Å². The molecule has 0 saturated carbocycles. The standard InChI is InChI=1S/C90H54N8/c91-55-68-28-13-16-33-73(68)66-31-19-32-67(48-66)88-94-89(76-42-40-71(53-78(76)74-34-17-14-29-69(74)56-92)97-84-44-36-62(58-20-5-1-6-21-58)49-80(84)81-50-63(37-45-85(81)97)59-22-7-2-8-23-59)96-90(95-88)77-43-41-72(54-79(77)75-35-18-15-30-70(75)57-93)98-86-46-38-64(60-24-9-3-10-25-60)51-82(86)83-52-65(39-47-87(83)98)61-26-11-4-12-27-61/h1-54H. The topological polar surface area (TPSA) is 120 Å². The first kappa shape index (κ1) is 58.0. The summed E-state index contributed by atoms with van der Waals surface area (Å²) >= 11 is 0. The Morgan fingerprint density at radius 2 is 0.510 bits per heavy atom. The van der Waals surface area contributed by atoms with Gasteiger partial charge in [0.05, 0.1) is 57.0 Å². The second-order valence-electron chi connectivity index (χ2n) is 24.4. The van der Waals surface area contributed by atoms with E-state index in [9.17, 15) is 15.8 Å². The number of aromatic nitrogens is 5. The molecule has 454 valence electrons. The van der Waals surface area contributed by atoms with Crippen LogP contribution in [0.2, 0.25) is 0 Å². The molecule has 0 amide bonds. The molecule has 3 aromatic heterocycles. The number of fused-ring (bicyclic) bond motifs is 6. The van der Waals surface area contributed by atoms with E-state index in [0.29, 0.717) is 62.0 Å². The minimum Gasteiger partial charge on any atom is -0.309 e. The van der Waals surface area contributed by atoms with Gasteiger partial charge in [-0.15, -0.1) is 0 Å². The van der Waals surface area contributed by atoms with E-state index < -0.39 is 0 Å². The lowest BCUT2D eigenvalue weighted by molar-refractivity contribution is 1.07. The normalized spacial score (nSPS) is 11.2. The first-order valence-corrected chi connectivity index (χ1v) is 32.5. The Labute approximate surface area is 566 Å². The van der Waals surface area contributed by atoms with Gasteiger partial charge < -0.3 is 9.13 Å². The summed E-state index contributed by atoms with van der Waals surface area (Å²) in [5.74, 6) is 1.10. The Kier molecular flexibility index (Phi) is 14.5. The molecule has 8 heteroatoms. The molecule has 0 saturated heterocycles. The van der Waals surface area contributed by atoms with Crippen LogP contribution in [-0.2, 0) is 0 Å². The summed E-state index contributed by atoms with van der Waals surface area (Å²) in [5.41, 5.74) is 22.7. The summed E-state index contributed by atoms with van der Waals surface area (Å²) in [7, 11) is 0. The molecule has 8 nitrogen and oxygen atoms in total. The van der Waals surface area contributed by atoms with Gasteiger partial charge in [0.1, 0.15) is 0 Å². The van der Waals surface area contributed by atoms with Crippen LogP contribution in [0.15, 0.2) is 328 Å². The van der Waals surface area contributed by atoms with Gasteiger partial charge in [0.25, 0.3) is 0 Å². The van der Waals surface area contributed by atoms with Gasteiger partial charge >= 0.3 is 0 Å². The molecule has 14 aromatic carbocycles. The minimum absolute atomic E-state index is 0.360. The summed E-state index contributed by atoms with van der Waals surface area (Å²) in [4.78, 5) is 16.5. The number of hydrogen-bond acceptors (Lipinski definition) is 6. The number of benzene rings is 14. The predicted molar refractivity (Wildman–Crippen MR) is 397 cm³/mol. The van der Waals surface area contributed by atoms with Crippen molar-refractivity contribution in [2.24, 2.45) is 0 Å². The van der Waals surface area contributed by atoms with E-state index in [-0.39, 0.29) is 0 Å². The van der Waals surface area contributed by atoms with E-state index in [2.05, 4.69) is 234 Å². The van der Waals surface area contributed by atoms with Crippen molar-refractivity contribution in [2.75, 3.05) is 0 Å². The largest absolute Gasteiger partial charge is 0.309 e. The molecule has 0 atom stereocenters. The first-order valence-electron chi connectivity index (χ1n) is 32.5. The van der Waals surface area contributed by atoms with Crippen molar-refractivity contribution in [3.8, 4) is 142 Å². The summed E-state index contributed by atoms with van der Waals surface area (Å²) in [5, 5.41) is 36.8. The van der Waals surface area contributed by atoms with Crippen LogP contribution < -0.4 is 0 Å². The van der Waals surface area contributed by atoms with E-state index in [1.807, 2.05) is 121 Å². The van der Waals surface area contributed by atoms with Crippen molar-refractivity contribution < 1.29 is 0 Å². The van der Waals surface area contributed by atoms with Crippen molar-refractivity contribution in [3.05, 3.63) is 344 Å². The summed E-state index contributed by atoms with van der Waals surface area (Å²) in [6.07, 6.45) is 0. The second-order valence-corrected chi connectivity index (χ2v) is 24.4. The third-order valence-electron chi connectivity index (χ3n) is 18.8. The summed E-state index contributed by atoms with van der Waals surface area (Å²) in [6.45, 7) is 0. The number of rotatable bonds is 12. The van der Waals surface area contributed by atoms with Crippen molar-refractivity contribution in [1.82, 2.24) is 24.1 Å². The monoisotopic (exact) mass is 1250 g/mol. The highest BCUT2D eigenvalue weighted by Crippen LogP contribution is 2.45. The van der Waals surface area contributed by atoms with Gasteiger partial charge in [-0.25, -0.2) is 15.0 Å². The van der Waals surface area contributed by atoms with E-state index in [4.69, 9.17) is 15.0 Å². The molecule has 17 aromatic rings. The molecule has 0 aliphatic carbocycles. The lowest BCUT2D eigenvalue weighted by Gasteiger charge is -2.18. The average molecular weight is 1250 g/mol. The third-order valence-corrected chi connectivity index (χ3v) is 18.8. The molecule has 0 aliphatic heterocycles. The number of nitriles is 3. The molecule has 0 bridgehead atoms. The van der Waals surface area contributed by atoms with Crippen LogP contribution in [0, 0.1) is 34.0 Å². The van der Waals surface area contributed by atoms with Gasteiger partial charge in [0.2, 0.25) is 0 Å². The maximum Gasteiger partial charge on any atom is 0.164 e. The van der Waals surface area contributed by atoms with Crippen molar-refractivity contribution in [3.63, 3.8) is 0 Å². The van der Waals surface area contributed by atoms with Crippen LogP contribution >= 0.6 is 0 Å². The zero-order valence-electron chi connectivity index (χ0n) is 52.8. The molecule has 0 radical (unpaired) electrons. The maximum absolute atomic E-state index is 11.0. The van der Waals surface area contributed by atoms with Crippen LogP contribution in [0.1, 0.15) is 16.7 Å². The Balaban J connectivity index is 0.907. The van der Waals surface area contributed by atoms with Gasteiger partial charge in [-0.05, 0) is 176 Å². The zero-order chi connectivity index (χ0) is 65.6. The number of hydrogen-bond donors (Lipinski definition) is 0. The lowest BCUT2D eigenvalue weighted by Crippen LogP contribution is -2.04. The molecule has 98 heavy (non-hydrogen) atoms. The molecule has 0 N–H and O–H groups in total. The fourth-order valence-electron chi connectivity index (χ4n) is 14.1. The fraction of sp³-hybridized carbons (Fsp3) is 0. The summed E-state index contributed by atoms with van der Waals surface area (Å²) in [6, 6.07) is 120. The number of nitrogens with zero attached hydrogens (tertiary/aromatic N) is 8.